The number of hydrazone groups is 1. The summed E-state index contributed by atoms with van der Waals surface area (Å²) in [6.45, 7) is 0. The Hall–Kier alpha value is -1.06. The molecule has 12 heavy (non-hydrogen) atoms. The Morgan fingerprint density at radius 2 is 1.92 bits per heavy atom. The van der Waals surface area contributed by atoms with E-state index in [9.17, 15) is 0 Å². The van der Waals surface area contributed by atoms with E-state index in [-0.39, 0.29) is 27.7 Å². The number of aromatic hydroxyl groups is 1. The minimum absolute atomic E-state index is 0. The van der Waals surface area contributed by atoms with Gasteiger partial charge in [0.05, 0.1) is 6.21 Å². The summed E-state index contributed by atoms with van der Waals surface area (Å²) >= 11 is 0. The van der Waals surface area contributed by atoms with E-state index in [1.54, 1.807) is 24.3 Å². The van der Waals surface area contributed by atoms with Gasteiger partial charge in [0.15, 0.2) is 0 Å². The van der Waals surface area contributed by atoms with Crippen molar-refractivity contribution in [2.24, 2.45) is 10.9 Å². The largest absolute Gasteiger partial charge is 0.507 e. The number of para-hydroxylation sites is 1. The number of phenolic OH excluding ortho intramolecular Hbond substituents is 1. The molecule has 0 aliphatic carbocycles. The maximum atomic E-state index is 9.09. The number of rotatable bonds is 1. The molecule has 0 spiro atoms. The van der Waals surface area contributed by atoms with Crippen LogP contribution in [0.5, 0.6) is 5.75 Å². The zero-order valence-corrected chi connectivity index (χ0v) is 7.16. The van der Waals surface area contributed by atoms with Crippen molar-refractivity contribution < 1.29 is 27.1 Å². The molecule has 0 bridgehead atoms. The molecule has 1 aromatic carbocycles. The van der Waals surface area contributed by atoms with Crippen molar-refractivity contribution in [2.45, 2.75) is 0 Å². The summed E-state index contributed by atoms with van der Waals surface area (Å²) in [7, 11) is 0. The first-order valence-electron chi connectivity index (χ1n) is 2.86. The van der Waals surface area contributed by atoms with Crippen molar-refractivity contribution in [1.82, 2.24) is 0 Å². The molecule has 0 atom stereocenters. The third kappa shape index (κ3) is 3.37. The number of hydrogen-bond donors (Lipinski definition) is 2. The molecule has 1 aromatic rings. The standard InChI is InChI=1S/C7H8N2O.Ni.H2O/c8-9-5-6-3-1-2-4-7(6)10;;/h1-5,10H,8H2;;1H2/b9-5+;;. The molecule has 0 unspecified atom stereocenters. The van der Waals surface area contributed by atoms with Crippen LogP contribution < -0.4 is 5.84 Å². The van der Waals surface area contributed by atoms with Crippen LogP contribution in [-0.2, 0) is 16.5 Å². The fourth-order valence-corrected chi connectivity index (χ4v) is 0.677. The zero-order valence-electron chi connectivity index (χ0n) is 6.17. The van der Waals surface area contributed by atoms with E-state index in [2.05, 4.69) is 5.10 Å². The number of benzene rings is 1. The van der Waals surface area contributed by atoms with Crippen LogP contribution >= 0.6 is 0 Å². The Balaban J connectivity index is 0. The van der Waals surface area contributed by atoms with E-state index in [0.717, 1.165) is 0 Å². The smallest absolute Gasteiger partial charge is 0.124 e. The Morgan fingerprint density at radius 3 is 2.42 bits per heavy atom. The Bertz CT molecular complexity index is 253. The van der Waals surface area contributed by atoms with E-state index >= 15 is 0 Å². The maximum Gasteiger partial charge on any atom is 0.124 e. The first kappa shape index (κ1) is 13.5. The number of phenols is 1. The number of hydrogen-bond acceptors (Lipinski definition) is 3. The van der Waals surface area contributed by atoms with Crippen molar-refractivity contribution in [3.05, 3.63) is 29.8 Å². The molecule has 0 saturated heterocycles. The predicted octanol–water partition coefficient (Wildman–Crippen LogP) is -0.142. The topological polar surface area (TPSA) is 90.1 Å². The third-order valence-corrected chi connectivity index (χ3v) is 1.15. The van der Waals surface area contributed by atoms with E-state index in [0.29, 0.717) is 5.56 Å². The van der Waals surface area contributed by atoms with Gasteiger partial charge in [-0.25, -0.2) is 0 Å². The summed E-state index contributed by atoms with van der Waals surface area (Å²) in [5.41, 5.74) is 0.630. The van der Waals surface area contributed by atoms with Crippen molar-refractivity contribution in [1.29, 1.82) is 0 Å². The molecule has 4 nitrogen and oxygen atoms in total. The molecular formula is C7H10N2NiO2. The quantitative estimate of drug-likeness (QED) is 0.294. The fourth-order valence-electron chi connectivity index (χ4n) is 0.677. The molecule has 5 N–H and O–H groups in total. The van der Waals surface area contributed by atoms with E-state index < -0.39 is 0 Å². The average Bonchev–Trinajstić information content (AvgIpc) is 1.94. The molecular weight excluding hydrogens is 203 g/mol. The molecule has 0 radical (unpaired) electrons. The summed E-state index contributed by atoms with van der Waals surface area (Å²) < 4.78 is 0. The molecule has 0 amide bonds. The van der Waals surface area contributed by atoms with Crippen LogP contribution in [0.15, 0.2) is 29.4 Å². The van der Waals surface area contributed by atoms with Crippen LogP contribution in [0.2, 0.25) is 0 Å². The van der Waals surface area contributed by atoms with Gasteiger partial charge in [0.25, 0.3) is 0 Å². The van der Waals surface area contributed by atoms with Crippen molar-refractivity contribution in [3.63, 3.8) is 0 Å². The number of nitrogens with two attached hydrogens (primary N) is 1. The van der Waals surface area contributed by atoms with Gasteiger partial charge in [-0.2, -0.15) is 5.10 Å². The third-order valence-electron chi connectivity index (χ3n) is 1.15. The monoisotopic (exact) mass is 212 g/mol. The minimum Gasteiger partial charge on any atom is -0.507 e. The van der Waals surface area contributed by atoms with Crippen LogP contribution in [0.3, 0.4) is 0 Å². The molecule has 0 aliphatic heterocycles. The summed E-state index contributed by atoms with van der Waals surface area (Å²) in [6.07, 6.45) is 1.40. The van der Waals surface area contributed by atoms with Crippen molar-refractivity contribution in [2.75, 3.05) is 0 Å². The second kappa shape index (κ2) is 6.64. The molecule has 70 valence electrons. The van der Waals surface area contributed by atoms with Gasteiger partial charge in [-0.1, -0.05) is 12.1 Å². The van der Waals surface area contributed by atoms with Gasteiger partial charge >= 0.3 is 0 Å². The van der Waals surface area contributed by atoms with Gasteiger partial charge in [0, 0.05) is 22.1 Å². The summed E-state index contributed by atoms with van der Waals surface area (Å²) in [5, 5.41) is 12.4. The molecule has 0 saturated carbocycles. The first-order valence-corrected chi connectivity index (χ1v) is 2.86. The van der Waals surface area contributed by atoms with Gasteiger partial charge in [-0.05, 0) is 12.1 Å². The molecule has 0 aromatic heterocycles. The van der Waals surface area contributed by atoms with Crippen LogP contribution in [0.1, 0.15) is 5.56 Å². The molecule has 0 aliphatic rings. The summed E-state index contributed by atoms with van der Waals surface area (Å²) in [4.78, 5) is 0. The van der Waals surface area contributed by atoms with Crippen LogP contribution in [0, 0.1) is 0 Å². The van der Waals surface area contributed by atoms with Crippen molar-refractivity contribution in [3.8, 4) is 5.75 Å². The zero-order chi connectivity index (χ0) is 7.40. The second-order valence-corrected chi connectivity index (χ2v) is 1.84. The molecule has 1 rings (SSSR count). The van der Waals surface area contributed by atoms with E-state index in [1.807, 2.05) is 0 Å². The van der Waals surface area contributed by atoms with Crippen LogP contribution in [0.4, 0.5) is 0 Å². The van der Waals surface area contributed by atoms with Gasteiger partial charge in [0.1, 0.15) is 5.75 Å². The second-order valence-electron chi connectivity index (χ2n) is 1.84. The Kier molecular flexibility index (Phi) is 7.49. The van der Waals surface area contributed by atoms with Crippen LogP contribution in [-0.4, -0.2) is 16.8 Å². The van der Waals surface area contributed by atoms with Crippen LogP contribution in [0.25, 0.3) is 0 Å². The van der Waals surface area contributed by atoms with Gasteiger partial charge in [0.2, 0.25) is 0 Å². The fraction of sp³-hybridized carbons (Fsp3) is 0. The number of nitrogens with zero attached hydrogens (tertiary/aromatic N) is 1. The van der Waals surface area contributed by atoms with E-state index in [4.69, 9.17) is 10.9 Å². The predicted molar refractivity (Wildman–Crippen MR) is 43.5 cm³/mol. The Labute approximate surface area is 80.3 Å². The van der Waals surface area contributed by atoms with E-state index in [1.165, 1.54) is 6.21 Å². The van der Waals surface area contributed by atoms with Gasteiger partial charge in [-0.3, -0.25) is 0 Å². The SMILES string of the molecule is N/N=C/c1ccccc1O.O.[Ni]. The minimum atomic E-state index is 0. The average molecular weight is 213 g/mol. The van der Waals surface area contributed by atoms with Gasteiger partial charge in [-0.15, -0.1) is 0 Å². The Morgan fingerprint density at radius 1 is 1.33 bits per heavy atom. The molecule has 0 fully saturated rings. The summed E-state index contributed by atoms with van der Waals surface area (Å²) in [5.74, 6) is 5.08. The maximum absolute atomic E-state index is 9.09. The van der Waals surface area contributed by atoms with Gasteiger partial charge < -0.3 is 16.4 Å². The molecule has 0 heterocycles. The molecule has 5 heteroatoms. The summed E-state index contributed by atoms with van der Waals surface area (Å²) in [6, 6.07) is 6.85. The van der Waals surface area contributed by atoms with Crippen molar-refractivity contribution >= 4 is 6.21 Å². The first-order chi connectivity index (χ1) is 4.84. The normalized spacial score (nSPS) is 8.67.